The second kappa shape index (κ2) is 7.88. The number of rotatable bonds is 6. The minimum Gasteiger partial charge on any atom is -0.493 e. The highest BCUT2D eigenvalue weighted by Gasteiger charge is 2.42. The Morgan fingerprint density at radius 2 is 2.00 bits per heavy atom. The first-order valence-corrected chi connectivity index (χ1v) is 8.75. The molecule has 2 rings (SSSR count). The van der Waals surface area contributed by atoms with Crippen molar-refractivity contribution in [3.05, 3.63) is 28.7 Å². The van der Waals surface area contributed by atoms with Gasteiger partial charge >= 0.3 is 5.97 Å². The highest BCUT2D eigenvalue weighted by Crippen LogP contribution is 2.38. The molecule has 1 fully saturated rings. The number of aliphatic carboxylic acids is 1. The van der Waals surface area contributed by atoms with E-state index in [4.69, 9.17) is 21.7 Å². The molecule has 1 aromatic rings. The second-order valence-electron chi connectivity index (χ2n) is 5.66. The lowest BCUT2D eigenvalue weighted by Gasteiger charge is -2.26. The van der Waals surface area contributed by atoms with E-state index in [-0.39, 0.29) is 10.2 Å². The molecule has 25 heavy (non-hydrogen) atoms. The summed E-state index contributed by atoms with van der Waals surface area (Å²) >= 11 is 6.33. The Kier molecular flexibility index (Phi) is 6.07. The molecular weight excluding hydrogens is 362 g/mol. The van der Waals surface area contributed by atoms with Crippen LogP contribution in [0.3, 0.4) is 0 Å². The number of thiocarbonyl (C=S) groups is 1. The van der Waals surface area contributed by atoms with E-state index in [1.54, 1.807) is 38.1 Å². The molecule has 134 valence electrons. The van der Waals surface area contributed by atoms with Gasteiger partial charge in [0, 0.05) is 5.56 Å². The molecule has 0 spiro atoms. The number of carbonyl (C=O) groups excluding carboxylic acids is 1. The zero-order valence-electron chi connectivity index (χ0n) is 14.3. The molecule has 0 radical (unpaired) electrons. The predicted molar refractivity (Wildman–Crippen MR) is 101 cm³/mol. The van der Waals surface area contributed by atoms with Gasteiger partial charge in [0.15, 0.2) is 11.5 Å². The van der Waals surface area contributed by atoms with Gasteiger partial charge in [-0.15, -0.1) is 0 Å². The van der Waals surface area contributed by atoms with E-state index in [2.05, 4.69) is 0 Å². The monoisotopic (exact) mass is 381 g/mol. The fourth-order valence-electron chi connectivity index (χ4n) is 2.58. The van der Waals surface area contributed by atoms with Crippen molar-refractivity contribution in [2.75, 3.05) is 14.2 Å². The number of methoxy groups -OCH3 is 2. The molecule has 0 saturated carbocycles. The first kappa shape index (κ1) is 19.3. The lowest BCUT2D eigenvalue weighted by Crippen LogP contribution is -2.47. The quantitative estimate of drug-likeness (QED) is 0.599. The lowest BCUT2D eigenvalue weighted by atomic mass is 10.0. The van der Waals surface area contributed by atoms with Crippen LogP contribution in [0.25, 0.3) is 6.08 Å². The molecule has 0 aromatic heterocycles. The van der Waals surface area contributed by atoms with Gasteiger partial charge in [-0.1, -0.05) is 50.0 Å². The number of carboxylic acid groups (broad SMARTS) is 1. The van der Waals surface area contributed by atoms with Gasteiger partial charge in [-0.05, 0) is 18.1 Å². The van der Waals surface area contributed by atoms with Crippen LogP contribution in [0.4, 0.5) is 0 Å². The number of para-hydroxylation sites is 1. The lowest BCUT2D eigenvalue weighted by molar-refractivity contribution is -0.146. The van der Waals surface area contributed by atoms with Crippen LogP contribution in [-0.4, -0.2) is 46.5 Å². The van der Waals surface area contributed by atoms with Crippen molar-refractivity contribution >= 4 is 46.3 Å². The summed E-state index contributed by atoms with van der Waals surface area (Å²) < 4.78 is 10.8. The number of ether oxygens (including phenoxy) is 2. The third kappa shape index (κ3) is 3.80. The van der Waals surface area contributed by atoms with Crippen LogP contribution < -0.4 is 9.47 Å². The standard InChI is InChI=1S/C17H19NO5S2/c1-9(2)13(16(20)21)18-15(19)12(25-17(18)24)8-10-6-5-7-11(22-3)14(10)23-4/h5-9,13H,1-4H3,(H,20,21)/t13-/m1/s1. The topological polar surface area (TPSA) is 76.1 Å². The number of amides is 1. The van der Waals surface area contributed by atoms with Crippen molar-refractivity contribution in [1.82, 2.24) is 4.90 Å². The van der Waals surface area contributed by atoms with Crippen molar-refractivity contribution in [3.63, 3.8) is 0 Å². The van der Waals surface area contributed by atoms with Crippen molar-refractivity contribution in [3.8, 4) is 11.5 Å². The maximum atomic E-state index is 12.7. The minimum absolute atomic E-state index is 0.235. The molecule has 1 aliphatic rings. The van der Waals surface area contributed by atoms with E-state index >= 15 is 0 Å². The van der Waals surface area contributed by atoms with Gasteiger partial charge in [0.25, 0.3) is 5.91 Å². The number of hydrogen-bond donors (Lipinski definition) is 1. The highest BCUT2D eigenvalue weighted by molar-refractivity contribution is 8.26. The van der Waals surface area contributed by atoms with Crippen LogP contribution in [-0.2, 0) is 9.59 Å². The third-order valence-corrected chi connectivity index (χ3v) is 5.04. The maximum Gasteiger partial charge on any atom is 0.327 e. The SMILES string of the molecule is COc1cccc(C=C2SC(=S)N([C@@H](C(=O)O)C(C)C)C2=O)c1OC. The molecule has 1 aliphatic heterocycles. The Balaban J connectivity index is 2.43. The highest BCUT2D eigenvalue weighted by atomic mass is 32.2. The van der Waals surface area contributed by atoms with Crippen molar-refractivity contribution in [2.24, 2.45) is 5.92 Å². The Morgan fingerprint density at radius 1 is 1.32 bits per heavy atom. The number of hydrogen-bond acceptors (Lipinski definition) is 6. The predicted octanol–water partition coefficient (Wildman–Crippen LogP) is 3.01. The van der Waals surface area contributed by atoms with E-state index < -0.39 is 17.9 Å². The van der Waals surface area contributed by atoms with Gasteiger partial charge in [-0.3, -0.25) is 9.69 Å². The molecule has 1 saturated heterocycles. The zero-order chi connectivity index (χ0) is 18.7. The number of nitrogens with zero attached hydrogens (tertiary/aromatic N) is 1. The van der Waals surface area contributed by atoms with Crippen LogP contribution in [0.2, 0.25) is 0 Å². The number of carboxylic acids is 1. The molecule has 0 bridgehead atoms. The van der Waals surface area contributed by atoms with Crippen LogP contribution in [0, 0.1) is 5.92 Å². The second-order valence-corrected chi connectivity index (χ2v) is 7.34. The number of benzene rings is 1. The van der Waals surface area contributed by atoms with E-state index in [1.165, 1.54) is 19.1 Å². The largest absolute Gasteiger partial charge is 0.493 e. The van der Waals surface area contributed by atoms with Crippen molar-refractivity contribution in [1.29, 1.82) is 0 Å². The molecule has 0 unspecified atom stereocenters. The van der Waals surface area contributed by atoms with Crippen molar-refractivity contribution < 1.29 is 24.2 Å². The third-order valence-electron chi connectivity index (χ3n) is 3.71. The number of thioether (sulfide) groups is 1. The van der Waals surface area contributed by atoms with Gasteiger partial charge in [0.2, 0.25) is 0 Å². The van der Waals surface area contributed by atoms with E-state index in [1.807, 2.05) is 0 Å². The van der Waals surface area contributed by atoms with E-state index in [0.717, 1.165) is 11.8 Å². The Labute approximate surface area is 155 Å². The molecule has 1 heterocycles. The van der Waals surface area contributed by atoms with Gasteiger partial charge in [0.05, 0.1) is 19.1 Å². The van der Waals surface area contributed by atoms with Crippen LogP contribution in [0.1, 0.15) is 19.4 Å². The van der Waals surface area contributed by atoms with Crippen LogP contribution >= 0.6 is 24.0 Å². The molecule has 8 heteroatoms. The molecule has 1 aromatic carbocycles. The number of carbonyl (C=O) groups is 2. The van der Waals surface area contributed by atoms with Crippen LogP contribution in [0.5, 0.6) is 11.5 Å². The fourth-order valence-corrected chi connectivity index (χ4v) is 3.90. The molecular formula is C17H19NO5S2. The van der Waals surface area contributed by atoms with Gasteiger partial charge < -0.3 is 14.6 Å². The summed E-state index contributed by atoms with van der Waals surface area (Å²) in [6.45, 7) is 3.48. The van der Waals surface area contributed by atoms with Crippen LogP contribution in [0.15, 0.2) is 23.1 Å². The summed E-state index contributed by atoms with van der Waals surface area (Å²) in [4.78, 5) is 25.8. The maximum absolute atomic E-state index is 12.7. The summed E-state index contributed by atoms with van der Waals surface area (Å²) in [6.07, 6.45) is 1.64. The average Bonchev–Trinajstić information content (AvgIpc) is 2.82. The molecule has 1 amide bonds. The summed E-state index contributed by atoms with van der Waals surface area (Å²) in [5.41, 5.74) is 0.652. The molecule has 1 atom stereocenters. The summed E-state index contributed by atoms with van der Waals surface area (Å²) in [5, 5.41) is 9.45. The smallest absolute Gasteiger partial charge is 0.327 e. The first-order chi connectivity index (χ1) is 11.8. The Hall–Kier alpha value is -2.06. The Bertz CT molecular complexity index is 745. The molecule has 0 aliphatic carbocycles. The fraction of sp³-hybridized carbons (Fsp3) is 0.353. The summed E-state index contributed by atoms with van der Waals surface area (Å²) in [7, 11) is 3.04. The average molecular weight is 381 g/mol. The summed E-state index contributed by atoms with van der Waals surface area (Å²) in [6, 6.07) is 4.32. The molecule has 1 N–H and O–H groups in total. The Morgan fingerprint density at radius 3 is 2.52 bits per heavy atom. The van der Waals surface area contributed by atoms with Gasteiger partial charge in [-0.25, -0.2) is 4.79 Å². The normalized spacial score (nSPS) is 17.3. The van der Waals surface area contributed by atoms with E-state index in [9.17, 15) is 14.7 Å². The van der Waals surface area contributed by atoms with E-state index in [0.29, 0.717) is 22.0 Å². The molecule has 6 nitrogen and oxygen atoms in total. The zero-order valence-corrected chi connectivity index (χ0v) is 15.9. The van der Waals surface area contributed by atoms with Gasteiger partial charge in [0.1, 0.15) is 10.4 Å². The van der Waals surface area contributed by atoms with Crippen molar-refractivity contribution in [2.45, 2.75) is 19.9 Å². The van der Waals surface area contributed by atoms with Gasteiger partial charge in [-0.2, -0.15) is 0 Å². The minimum atomic E-state index is -1.08. The first-order valence-electron chi connectivity index (χ1n) is 7.52. The summed E-state index contributed by atoms with van der Waals surface area (Å²) in [5.74, 6) is -0.732.